The summed E-state index contributed by atoms with van der Waals surface area (Å²) in [7, 11) is 1.50. The second-order valence-electron chi connectivity index (χ2n) is 4.37. The van der Waals surface area contributed by atoms with E-state index in [4.69, 9.17) is 9.84 Å². The molecule has 0 aromatic heterocycles. The summed E-state index contributed by atoms with van der Waals surface area (Å²) in [5.41, 5.74) is -1.06. The van der Waals surface area contributed by atoms with Crippen molar-refractivity contribution in [1.29, 1.82) is 0 Å². The van der Waals surface area contributed by atoms with Gasteiger partial charge >= 0.3 is 5.97 Å². The number of morpholine rings is 1. The highest BCUT2D eigenvalue weighted by Gasteiger charge is 2.39. The van der Waals surface area contributed by atoms with E-state index in [1.807, 2.05) is 0 Å². The molecule has 0 bridgehead atoms. The van der Waals surface area contributed by atoms with Gasteiger partial charge in [-0.05, 0) is 6.92 Å². The molecule has 7 nitrogen and oxygen atoms in total. The van der Waals surface area contributed by atoms with E-state index in [1.165, 1.54) is 11.9 Å². The molecule has 1 aliphatic rings. The molecule has 1 aliphatic heterocycles. The molecular weight excluding hydrogens is 240 g/mol. The van der Waals surface area contributed by atoms with E-state index >= 15 is 0 Å². The Morgan fingerprint density at radius 1 is 1.39 bits per heavy atom. The van der Waals surface area contributed by atoms with Gasteiger partial charge in [0.25, 0.3) is 5.91 Å². The molecule has 0 unspecified atom stereocenters. The first kappa shape index (κ1) is 14.4. The van der Waals surface area contributed by atoms with E-state index in [1.54, 1.807) is 6.92 Å². The SMILES string of the molecule is CNC(=O)[C@@]1(C)CN(C(=O)CCC(=O)O)CCO1. The summed E-state index contributed by atoms with van der Waals surface area (Å²) in [6.07, 6.45) is -0.258. The molecule has 7 heteroatoms. The van der Waals surface area contributed by atoms with Crippen molar-refractivity contribution < 1.29 is 24.2 Å². The number of amides is 2. The maximum Gasteiger partial charge on any atom is 0.303 e. The van der Waals surface area contributed by atoms with Crippen LogP contribution in [0.25, 0.3) is 0 Å². The van der Waals surface area contributed by atoms with Gasteiger partial charge in [-0.1, -0.05) is 0 Å². The summed E-state index contributed by atoms with van der Waals surface area (Å²) in [6.45, 7) is 2.40. The standard InChI is InChI=1S/C11H18N2O5/c1-11(10(17)12-2)7-13(5-6-18-11)8(14)3-4-9(15)16/h3-7H2,1-2H3,(H,12,17)(H,15,16)/t11-/m1/s1. The highest BCUT2D eigenvalue weighted by Crippen LogP contribution is 2.18. The fraction of sp³-hybridized carbons (Fsp3) is 0.727. The van der Waals surface area contributed by atoms with E-state index in [0.29, 0.717) is 6.54 Å². The van der Waals surface area contributed by atoms with Crippen LogP contribution in [-0.2, 0) is 19.1 Å². The number of hydrogen-bond donors (Lipinski definition) is 2. The van der Waals surface area contributed by atoms with E-state index in [-0.39, 0.29) is 37.8 Å². The van der Waals surface area contributed by atoms with Crippen LogP contribution in [0.1, 0.15) is 19.8 Å². The van der Waals surface area contributed by atoms with E-state index < -0.39 is 11.6 Å². The van der Waals surface area contributed by atoms with Crippen molar-refractivity contribution in [3.05, 3.63) is 0 Å². The van der Waals surface area contributed by atoms with Gasteiger partial charge in [0.05, 0.1) is 19.6 Å². The van der Waals surface area contributed by atoms with Crippen molar-refractivity contribution in [2.24, 2.45) is 0 Å². The zero-order valence-corrected chi connectivity index (χ0v) is 10.6. The van der Waals surface area contributed by atoms with Gasteiger partial charge < -0.3 is 20.1 Å². The molecule has 18 heavy (non-hydrogen) atoms. The van der Waals surface area contributed by atoms with Crippen LogP contribution < -0.4 is 5.32 Å². The van der Waals surface area contributed by atoms with Crippen LogP contribution in [-0.4, -0.2) is 60.1 Å². The molecule has 0 radical (unpaired) electrons. The van der Waals surface area contributed by atoms with Crippen molar-refractivity contribution in [1.82, 2.24) is 10.2 Å². The van der Waals surface area contributed by atoms with Crippen molar-refractivity contribution in [2.45, 2.75) is 25.4 Å². The van der Waals surface area contributed by atoms with Gasteiger partial charge in [0, 0.05) is 20.0 Å². The number of nitrogens with zero attached hydrogens (tertiary/aromatic N) is 1. The molecule has 2 N–H and O–H groups in total. The third kappa shape index (κ3) is 3.43. The van der Waals surface area contributed by atoms with Gasteiger partial charge in [-0.2, -0.15) is 0 Å². The lowest BCUT2D eigenvalue weighted by atomic mass is 10.0. The molecular formula is C11H18N2O5. The predicted molar refractivity (Wildman–Crippen MR) is 61.9 cm³/mol. The van der Waals surface area contributed by atoms with Gasteiger partial charge in [0.2, 0.25) is 5.91 Å². The molecule has 1 rings (SSSR count). The number of nitrogens with one attached hydrogen (secondary N) is 1. The Hall–Kier alpha value is -1.63. The molecule has 1 fully saturated rings. The molecule has 0 saturated carbocycles. The van der Waals surface area contributed by atoms with Crippen LogP contribution >= 0.6 is 0 Å². The fourth-order valence-electron chi connectivity index (χ4n) is 1.86. The number of carboxylic acids is 1. The lowest BCUT2D eigenvalue weighted by molar-refractivity contribution is -0.163. The maximum atomic E-state index is 11.8. The minimum atomic E-state index is -1.06. The van der Waals surface area contributed by atoms with Crippen molar-refractivity contribution in [3.63, 3.8) is 0 Å². The van der Waals surface area contributed by atoms with E-state index in [9.17, 15) is 14.4 Å². The van der Waals surface area contributed by atoms with Gasteiger partial charge in [0.15, 0.2) is 5.60 Å². The first-order valence-corrected chi connectivity index (χ1v) is 5.75. The average Bonchev–Trinajstić information content (AvgIpc) is 2.34. The van der Waals surface area contributed by atoms with Crippen molar-refractivity contribution >= 4 is 17.8 Å². The first-order valence-electron chi connectivity index (χ1n) is 5.75. The number of carboxylic acid groups (broad SMARTS) is 1. The predicted octanol–water partition coefficient (Wildman–Crippen LogP) is -0.785. The number of carbonyl (C=O) groups is 3. The summed E-state index contributed by atoms with van der Waals surface area (Å²) in [4.78, 5) is 35.3. The third-order valence-corrected chi connectivity index (χ3v) is 2.89. The van der Waals surface area contributed by atoms with E-state index in [2.05, 4.69) is 5.32 Å². The van der Waals surface area contributed by atoms with Gasteiger partial charge in [-0.25, -0.2) is 0 Å². The first-order chi connectivity index (χ1) is 8.39. The summed E-state index contributed by atoms with van der Waals surface area (Å²) >= 11 is 0. The average molecular weight is 258 g/mol. The highest BCUT2D eigenvalue weighted by molar-refractivity contribution is 5.86. The van der Waals surface area contributed by atoms with Gasteiger partial charge in [-0.3, -0.25) is 14.4 Å². The summed E-state index contributed by atoms with van der Waals surface area (Å²) in [6, 6.07) is 0. The Balaban J connectivity index is 2.60. The van der Waals surface area contributed by atoms with Crippen LogP contribution in [0.5, 0.6) is 0 Å². The summed E-state index contributed by atoms with van der Waals surface area (Å²) in [5, 5.41) is 11.0. The monoisotopic (exact) mass is 258 g/mol. The van der Waals surface area contributed by atoms with Crippen LogP contribution in [0.4, 0.5) is 0 Å². The van der Waals surface area contributed by atoms with Gasteiger partial charge in [0.1, 0.15) is 0 Å². The zero-order chi connectivity index (χ0) is 13.8. The lowest BCUT2D eigenvalue weighted by Gasteiger charge is -2.39. The maximum absolute atomic E-state index is 11.8. The van der Waals surface area contributed by atoms with Crippen molar-refractivity contribution in [2.75, 3.05) is 26.7 Å². The quantitative estimate of drug-likeness (QED) is 0.689. The number of hydrogen-bond acceptors (Lipinski definition) is 4. The Morgan fingerprint density at radius 2 is 2.06 bits per heavy atom. The number of likely N-dealkylation sites (N-methyl/N-ethyl adjacent to an activating group) is 1. The summed E-state index contributed by atoms with van der Waals surface area (Å²) < 4.78 is 5.40. The Morgan fingerprint density at radius 3 is 2.61 bits per heavy atom. The topological polar surface area (TPSA) is 95.9 Å². The van der Waals surface area contributed by atoms with E-state index in [0.717, 1.165) is 0 Å². The van der Waals surface area contributed by atoms with Crippen molar-refractivity contribution in [3.8, 4) is 0 Å². The molecule has 0 aromatic carbocycles. The smallest absolute Gasteiger partial charge is 0.303 e. The molecule has 1 saturated heterocycles. The largest absolute Gasteiger partial charge is 0.481 e. The highest BCUT2D eigenvalue weighted by atomic mass is 16.5. The number of ether oxygens (including phenoxy) is 1. The molecule has 1 atom stereocenters. The summed E-state index contributed by atoms with van der Waals surface area (Å²) in [5.74, 6) is -1.57. The Kier molecular flexibility index (Phi) is 4.66. The molecule has 102 valence electrons. The number of aliphatic carboxylic acids is 1. The third-order valence-electron chi connectivity index (χ3n) is 2.89. The fourth-order valence-corrected chi connectivity index (χ4v) is 1.86. The minimum absolute atomic E-state index is 0.0564. The minimum Gasteiger partial charge on any atom is -0.481 e. The molecule has 0 spiro atoms. The van der Waals surface area contributed by atoms with Crippen LogP contribution in [0.2, 0.25) is 0 Å². The molecule has 1 heterocycles. The molecule has 2 amide bonds. The zero-order valence-electron chi connectivity index (χ0n) is 10.6. The van der Waals surface area contributed by atoms with Crippen LogP contribution in [0, 0.1) is 0 Å². The van der Waals surface area contributed by atoms with Crippen LogP contribution in [0.15, 0.2) is 0 Å². The molecule has 0 aromatic rings. The molecule has 0 aliphatic carbocycles. The number of carbonyl (C=O) groups excluding carboxylic acids is 2. The number of rotatable bonds is 4. The normalized spacial score (nSPS) is 23.6. The lowest BCUT2D eigenvalue weighted by Crippen LogP contribution is -2.58. The van der Waals surface area contributed by atoms with Crippen LogP contribution in [0.3, 0.4) is 0 Å². The second kappa shape index (κ2) is 5.81. The Bertz CT molecular complexity index is 357. The van der Waals surface area contributed by atoms with Gasteiger partial charge in [-0.15, -0.1) is 0 Å². The Labute approximate surface area is 105 Å². The second-order valence-corrected chi connectivity index (χ2v) is 4.37.